The van der Waals surface area contributed by atoms with Crippen molar-refractivity contribution < 1.29 is 4.79 Å². The number of amides is 1. The van der Waals surface area contributed by atoms with Gasteiger partial charge < -0.3 is 9.80 Å². The summed E-state index contributed by atoms with van der Waals surface area (Å²) in [6.07, 6.45) is 6.27. The van der Waals surface area contributed by atoms with E-state index in [2.05, 4.69) is 38.5 Å². The van der Waals surface area contributed by atoms with Crippen molar-refractivity contribution in [3.8, 4) is 0 Å². The second-order valence-electron chi connectivity index (χ2n) is 9.54. The highest BCUT2D eigenvalue weighted by atomic mass is 16.2. The number of hydrogen-bond donors (Lipinski definition) is 0. The zero-order valence-electron chi connectivity index (χ0n) is 17.8. The molecule has 3 saturated heterocycles. The highest BCUT2D eigenvalue weighted by molar-refractivity contribution is 5.78. The molecule has 6 heteroatoms. The molecule has 0 bridgehead atoms. The second kappa shape index (κ2) is 7.97. The van der Waals surface area contributed by atoms with Gasteiger partial charge >= 0.3 is 0 Å². The summed E-state index contributed by atoms with van der Waals surface area (Å²) in [4.78, 5) is 28.6. The minimum Gasteiger partial charge on any atom is -0.368 e. The lowest BCUT2D eigenvalue weighted by Gasteiger charge is -2.38. The van der Waals surface area contributed by atoms with Crippen LogP contribution in [0.4, 0.5) is 5.69 Å². The van der Waals surface area contributed by atoms with Crippen LogP contribution in [0, 0.1) is 17.8 Å². The first kappa shape index (κ1) is 19.6. The number of hydrogen-bond acceptors (Lipinski definition) is 5. The predicted molar refractivity (Wildman–Crippen MR) is 111 cm³/mol. The highest BCUT2D eigenvalue weighted by Crippen LogP contribution is 2.36. The van der Waals surface area contributed by atoms with E-state index in [9.17, 15) is 4.79 Å². The molecule has 6 nitrogen and oxygen atoms in total. The number of likely N-dealkylation sites (tertiary alicyclic amines) is 2. The number of carbonyl (C=O) groups excluding carboxylic acids is 1. The third-order valence-corrected chi connectivity index (χ3v) is 6.84. The van der Waals surface area contributed by atoms with Crippen LogP contribution in [0.1, 0.15) is 52.3 Å². The van der Waals surface area contributed by atoms with E-state index in [0.717, 1.165) is 56.7 Å². The first-order valence-electron chi connectivity index (χ1n) is 11.0. The molecule has 1 aromatic heterocycles. The van der Waals surface area contributed by atoms with Crippen LogP contribution in [0.15, 0.2) is 12.4 Å². The SMILES string of the molecule is CC(C)C(=O)N1CCC(N2C[C@H]3CN(c4cnc(C(C)C)nc4)C[C@H]3C2)CC1. The van der Waals surface area contributed by atoms with E-state index < -0.39 is 0 Å². The second-order valence-corrected chi connectivity index (χ2v) is 9.54. The van der Waals surface area contributed by atoms with Crippen molar-refractivity contribution in [3.05, 3.63) is 18.2 Å². The molecule has 0 aliphatic carbocycles. The monoisotopic (exact) mass is 385 g/mol. The zero-order chi connectivity index (χ0) is 19.8. The molecule has 3 aliphatic rings. The molecule has 1 amide bonds. The fourth-order valence-electron chi connectivity index (χ4n) is 5.15. The fraction of sp³-hybridized carbons (Fsp3) is 0.773. The van der Waals surface area contributed by atoms with Crippen molar-refractivity contribution in [2.24, 2.45) is 17.8 Å². The Morgan fingerprint density at radius 2 is 1.54 bits per heavy atom. The van der Waals surface area contributed by atoms with Gasteiger partial charge in [-0.3, -0.25) is 9.69 Å². The standard InChI is InChI=1S/C22H35N5O/c1-15(2)21-23-9-20(10-24-21)27-13-17-11-26(12-18(17)14-27)19-5-7-25(8-6-19)22(28)16(3)4/h9-10,15-19H,5-8,11-14H2,1-4H3/t17-,18+. The number of fused-ring (bicyclic) bond motifs is 1. The number of rotatable bonds is 4. The van der Waals surface area contributed by atoms with Crippen molar-refractivity contribution in [2.45, 2.75) is 52.5 Å². The van der Waals surface area contributed by atoms with E-state index in [1.165, 1.54) is 18.8 Å². The van der Waals surface area contributed by atoms with Gasteiger partial charge in [0.1, 0.15) is 5.82 Å². The van der Waals surface area contributed by atoms with Gasteiger partial charge in [-0.1, -0.05) is 27.7 Å². The lowest BCUT2D eigenvalue weighted by atomic mass is 10.0. The molecule has 3 fully saturated rings. The summed E-state index contributed by atoms with van der Waals surface area (Å²) in [6, 6.07) is 0.656. The summed E-state index contributed by atoms with van der Waals surface area (Å²) in [5.74, 6) is 3.24. The van der Waals surface area contributed by atoms with Crippen LogP contribution >= 0.6 is 0 Å². The van der Waals surface area contributed by atoms with Crippen LogP contribution in [-0.2, 0) is 4.79 Å². The summed E-state index contributed by atoms with van der Waals surface area (Å²) in [5.41, 5.74) is 1.17. The Morgan fingerprint density at radius 1 is 0.964 bits per heavy atom. The summed E-state index contributed by atoms with van der Waals surface area (Å²) in [7, 11) is 0. The maximum absolute atomic E-state index is 12.2. The fourth-order valence-corrected chi connectivity index (χ4v) is 5.15. The molecule has 4 rings (SSSR count). The topological polar surface area (TPSA) is 52.6 Å². The van der Waals surface area contributed by atoms with E-state index in [1.807, 2.05) is 26.2 Å². The molecule has 28 heavy (non-hydrogen) atoms. The molecule has 1 aromatic rings. The van der Waals surface area contributed by atoms with E-state index in [-0.39, 0.29) is 5.92 Å². The maximum atomic E-state index is 12.2. The van der Waals surface area contributed by atoms with Crippen LogP contribution in [0.3, 0.4) is 0 Å². The molecule has 3 aliphatic heterocycles. The molecule has 0 N–H and O–H groups in total. The molecule has 0 spiro atoms. The molecular weight excluding hydrogens is 350 g/mol. The van der Waals surface area contributed by atoms with Crippen molar-refractivity contribution in [3.63, 3.8) is 0 Å². The third-order valence-electron chi connectivity index (χ3n) is 6.84. The quantitative estimate of drug-likeness (QED) is 0.797. The van der Waals surface area contributed by atoms with Gasteiger partial charge in [0.15, 0.2) is 0 Å². The van der Waals surface area contributed by atoms with E-state index >= 15 is 0 Å². The number of anilines is 1. The Kier molecular flexibility index (Phi) is 5.59. The Bertz CT molecular complexity index is 667. The van der Waals surface area contributed by atoms with Crippen molar-refractivity contribution in [1.29, 1.82) is 0 Å². The van der Waals surface area contributed by atoms with Gasteiger partial charge in [-0.2, -0.15) is 0 Å². The third kappa shape index (κ3) is 3.88. The predicted octanol–water partition coefficient (Wildman–Crippen LogP) is 2.62. The van der Waals surface area contributed by atoms with Gasteiger partial charge in [0, 0.05) is 57.1 Å². The lowest BCUT2D eigenvalue weighted by Crippen LogP contribution is -2.47. The molecule has 2 atom stereocenters. The van der Waals surface area contributed by atoms with Crippen molar-refractivity contribution in [2.75, 3.05) is 44.2 Å². The Labute approximate surface area is 169 Å². The summed E-state index contributed by atoms with van der Waals surface area (Å²) in [5, 5.41) is 0. The largest absolute Gasteiger partial charge is 0.368 e. The lowest BCUT2D eigenvalue weighted by molar-refractivity contribution is -0.136. The number of aromatic nitrogens is 2. The Balaban J connectivity index is 1.28. The van der Waals surface area contributed by atoms with Crippen LogP contribution in [0.2, 0.25) is 0 Å². The first-order valence-corrected chi connectivity index (χ1v) is 11.0. The Hall–Kier alpha value is -1.69. The van der Waals surface area contributed by atoms with Crippen LogP contribution in [0.5, 0.6) is 0 Å². The maximum Gasteiger partial charge on any atom is 0.225 e. The molecule has 154 valence electrons. The van der Waals surface area contributed by atoms with Crippen molar-refractivity contribution >= 4 is 11.6 Å². The Morgan fingerprint density at radius 3 is 2.04 bits per heavy atom. The normalized spacial score (nSPS) is 26.5. The molecule has 4 heterocycles. The molecule has 0 unspecified atom stereocenters. The minimum absolute atomic E-state index is 0.118. The average Bonchev–Trinajstić information content (AvgIpc) is 3.27. The molecule has 0 radical (unpaired) electrons. The number of nitrogens with zero attached hydrogens (tertiary/aromatic N) is 5. The highest BCUT2D eigenvalue weighted by Gasteiger charge is 2.42. The summed E-state index contributed by atoms with van der Waals surface area (Å²) < 4.78 is 0. The van der Waals surface area contributed by atoms with Gasteiger partial charge in [0.2, 0.25) is 5.91 Å². The molecular formula is C22H35N5O. The van der Waals surface area contributed by atoms with Crippen LogP contribution < -0.4 is 4.90 Å². The average molecular weight is 386 g/mol. The van der Waals surface area contributed by atoms with Gasteiger partial charge in [0.05, 0.1) is 18.1 Å². The van der Waals surface area contributed by atoms with Gasteiger partial charge in [0.25, 0.3) is 0 Å². The molecule has 0 saturated carbocycles. The number of piperidine rings is 1. The van der Waals surface area contributed by atoms with Gasteiger partial charge in [-0.15, -0.1) is 0 Å². The zero-order valence-corrected chi connectivity index (χ0v) is 17.8. The van der Waals surface area contributed by atoms with Crippen LogP contribution in [-0.4, -0.2) is 71.0 Å². The molecule has 0 aromatic carbocycles. The summed E-state index contributed by atoms with van der Waals surface area (Å²) in [6.45, 7) is 14.8. The van der Waals surface area contributed by atoms with Gasteiger partial charge in [-0.25, -0.2) is 9.97 Å². The summed E-state index contributed by atoms with van der Waals surface area (Å²) >= 11 is 0. The smallest absolute Gasteiger partial charge is 0.225 e. The first-order chi connectivity index (χ1) is 13.4. The minimum atomic E-state index is 0.118. The van der Waals surface area contributed by atoms with E-state index in [1.54, 1.807) is 0 Å². The van der Waals surface area contributed by atoms with E-state index in [0.29, 0.717) is 17.9 Å². The van der Waals surface area contributed by atoms with Crippen LogP contribution in [0.25, 0.3) is 0 Å². The number of carbonyl (C=O) groups is 1. The van der Waals surface area contributed by atoms with Gasteiger partial charge in [-0.05, 0) is 24.7 Å². The van der Waals surface area contributed by atoms with E-state index in [4.69, 9.17) is 0 Å². The van der Waals surface area contributed by atoms with Crippen molar-refractivity contribution in [1.82, 2.24) is 19.8 Å².